The molecule has 3 heteroatoms. The van der Waals surface area contributed by atoms with Gasteiger partial charge in [-0.2, -0.15) is 4.37 Å². The summed E-state index contributed by atoms with van der Waals surface area (Å²) in [5, 5.41) is 1.25. The van der Waals surface area contributed by atoms with E-state index >= 15 is 0 Å². The number of rotatable bonds is 2. The predicted octanol–water partition coefficient (Wildman–Crippen LogP) is 2.68. The van der Waals surface area contributed by atoms with Crippen LogP contribution < -0.4 is 5.73 Å². The minimum atomic E-state index is 0.251. The third kappa shape index (κ3) is 1.30. The van der Waals surface area contributed by atoms with E-state index in [1.165, 1.54) is 28.5 Å². The molecule has 1 aromatic carbocycles. The fourth-order valence-electron chi connectivity index (χ4n) is 2.32. The minimum absolute atomic E-state index is 0.251. The molecule has 2 N–H and O–H groups in total. The van der Waals surface area contributed by atoms with Crippen molar-refractivity contribution in [1.82, 2.24) is 4.37 Å². The van der Waals surface area contributed by atoms with Crippen LogP contribution in [0.5, 0.6) is 0 Å². The fourth-order valence-corrected chi connectivity index (χ4v) is 2.95. The van der Waals surface area contributed by atoms with E-state index < -0.39 is 0 Å². The van der Waals surface area contributed by atoms with Gasteiger partial charge in [0.25, 0.3) is 0 Å². The lowest BCUT2D eigenvalue weighted by molar-refractivity contribution is 0.557. The Labute approximate surface area is 93.3 Å². The number of benzene rings is 1. The highest BCUT2D eigenvalue weighted by Crippen LogP contribution is 2.50. The lowest BCUT2D eigenvalue weighted by Gasteiger charge is -2.19. The van der Waals surface area contributed by atoms with Crippen molar-refractivity contribution >= 4 is 21.6 Å². The smallest absolute Gasteiger partial charge is 0.0550 e. The Balaban J connectivity index is 2.11. The van der Waals surface area contributed by atoms with E-state index in [0.29, 0.717) is 0 Å². The highest BCUT2D eigenvalue weighted by atomic mass is 32.1. The topological polar surface area (TPSA) is 38.9 Å². The third-order valence-electron chi connectivity index (χ3n) is 3.59. The number of nitrogens with two attached hydrogens (primary N) is 1. The zero-order valence-corrected chi connectivity index (χ0v) is 9.55. The SMILES string of the molecule is CC(N)C1(c2ccc3sncc3c2)CC1. The second-order valence-electron chi connectivity index (χ2n) is 4.52. The highest BCUT2D eigenvalue weighted by Gasteiger charge is 2.47. The van der Waals surface area contributed by atoms with Crippen LogP contribution in [-0.2, 0) is 5.41 Å². The summed E-state index contributed by atoms with van der Waals surface area (Å²) < 4.78 is 5.46. The molecule has 1 saturated carbocycles. The summed E-state index contributed by atoms with van der Waals surface area (Å²) in [5.74, 6) is 0. The Morgan fingerprint density at radius 1 is 1.47 bits per heavy atom. The van der Waals surface area contributed by atoms with Crippen molar-refractivity contribution in [2.45, 2.75) is 31.2 Å². The fraction of sp³-hybridized carbons (Fsp3) is 0.417. The van der Waals surface area contributed by atoms with E-state index in [1.807, 2.05) is 6.20 Å². The number of nitrogens with zero attached hydrogens (tertiary/aromatic N) is 1. The van der Waals surface area contributed by atoms with Crippen LogP contribution in [0.1, 0.15) is 25.3 Å². The number of hydrogen-bond acceptors (Lipinski definition) is 3. The van der Waals surface area contributed by atoms with Gasteiger partial charge in [0.15, 0.2) is 0 Å². The number of aromatic nitrogens is 1. The van der Waals surface area contributed by atoms with Crippen molar-refractivity contribution in [3.63, 3.8) is 0 Å². The molecule has 0 aliphatic heterocycles. The average molecular weight is 218 g/mol. The Morgan fingerprint density at radius 2 is 2.27 bits per heavy atom. The van der Waals surface area contributed by atoms with Crippen molar-refractivity contribution < 1.29 is 0 Å². The molecule has 0 spiro atoms. The van der Waals surface area contributed by atoms with Crippen LogP contribution in [-0.4, -0.2) is 10.4 Å². The molecule has 3 rings (SSSR count). The summed E-state index contributed by atoms with van der Waals surface area (Å²) in [4.78, 5) is 0. The average Bonchev–Trinajstić information content (AvgIpc) is 2.91. The number of hydrogen-bond donors (Lipinski definition) is 1. The first-order chi connectivity index (χ1) is 7.22. The van der Waals surface area contributed by atoms with Gasteiger partial charge in [0.05, 0.1) is 4.70 Å². The van der Waals surface area contributed by atoms with Crippen LogP contribution in [0.2, 0.25) is 0 Å². The molecule has 78 valence electrons. The molecule has 1 aliphatic carbocycles. The summed E-state index contributed by atoms with van der Waals surface area (Å²) >= 11 is 1.55. The van der Waals surface area contributed by atoms with Crippen LogP contribution in [0.3, 0.4) is 0 Å². The molecule has 1 aliphatic rings. The van der Waals surface area contributed by atoms with Gasteiger partial charge in [0, 0.05) is 23.0 Å². The standard InChI is InChI=1S/C12H14N2S/c1-8(13)12(4-5-12)10-2-3-11-9(6-10)7-14-15-11/h2-3,6-8H,4-5,13H2,1H3. The van der Waals surface area contributed by atoms with E-state index in [2.05, 4.69) is 29.5 Å². The maximum Gasteiger partial charge on any atom is 0.0550 e. The molecule has 1 heterocycles. The summed E-state index contributed by atoms with van der Waals surface area (Å²) in [7, 11) is 0. The van der Waals surface area contributed by atoms with Crippen molar-refractivity contribution in [2.24, 2.45) is 5.73 Å². The molecule has 1 aromatic heterocycles. The van der Waals surface area contributed by atoms with Gasteiger partial charge in [-0.15, -0.1) is 0 Å². The van der Waals surface area contributed by atoms with E-state index in [-0.39, 0.29) is 11.5 Å². The van der Waals surface area contributed by atoms with Crippen LogP contribution in [0.4, 0.5) is 0 Å². The molecule has 1 unspecified atom stereocenters. The summed E-state index contributed by atoms with van der Waals surface area (Å²) in [5.41, 5.74) is 7.72. The van der Waals surface area contributed by atoms with Gasteiger partial charge in [0.2, 0.25) is 0 Å². The van der Waals surface area contributed by atoms with Gasteiger partial charge in [-0.1, -0.05) is 6.07 Å². The van der Waals surface area contributed by atoms with Gasteiger partial charge < -0.3 is 5.73 Å². The lowest BCUT2D eigenvalue weighted by Crippen LogP contribution is -2.31. The van der Waals surface area contributed by atoms with E-state index in [9.17, 15) is 0 Å². The molecule has 0 amide bonds. The molecule has 0 radical (unpaired) electrons. The monoisotopic (exact) mass is 218 g/mol. The first-order valence-corrected chi connectivity index (χ1v) is 6.10. The highest BCUT2D eigenvalue weighted by molar-refractivity contribution is 7.13. The summed E-state index contributed by atoms with van der Waals surface area (Å²) in [6.07, 6.45) is 4.41. The molecule has 15 heavy (non-hydrogen) atoms. The molecular formula is C12H14N2S. The van der Waals surface area contributed by atoms with Crippen molar-refractivity contribution in [2.75, 3.05) is 0 Å². The van der Waals surface area contributed by atoms with Crippen LogP contribution in [0.25, 0.3) is 10.1 Å². The van der Waals surface area contributed by atoms with Crippen LogP contribution in [0.15, 0.2) is 24.4 Å². The first kappa shape index (κ1) is 9.31. The number of fused-ring (bicyclic) bond motifs is 1. The maximum absolute atomic E-state index is 6.07. The van der Waals surface area contributed by atoms with E-state index in [4.69, 9.17) is 5.73 Å². The minimum Gasteiger partial charge on any atom is -0.327 e. The normalized spacial score (nSPS) is 20.4. The molecule has 1 fully saturated rings. The zero-order chi connectivity index (χ0) is 10.5. The van der Waals surface area contributed by atoms with Gasteiger partial charge in [0.1, 0.15) is 0 Å². The summed E-state index contributed by atoms with van der Waals surface area (Å²) in [6, 6.07) is 6.90. The zero-order valence-electron chi connectivity index (χ0n) is 8.73. The van der Waals surface area contributed by atoms with Crippen LogP contribution in [0, 0.1) is 0 Å². The molecule has 0 saturated heterocycles. The second kappa shape index (κ2) is 3.03. The van der Waals surface area contributed by atoms with Crippen LogP contribution >= 0.6 is 11.5 Å². The Hall–Kier alpha value is -0.930. The van der Waals surface area contributed by atoms with Gasteiger partial charge in [-0.3, -0.25) is 0 Å². The Kier molecular flexibility index (Phi) is 1.88. The van der Waals surface area contributed by atoms with E-state index in [1.54, 1.807) is 11.5 Å². The molecule has 2 nitrogen and oxygen atoms in total. The summed E-state index contributed by atoms with van der Waals surface area (Å²) in [6.45, 7) is 2.11. The quantitative estimate of drug-likeness (QED) is 0.841. The Bertz CT molecular complexity index is 497. The lowest BCUT2D eigenvalue weighted by atomic mass is 9.89. The third-order valence-corrected chi connectivity index (χ3v) is 4.37. The van der Waals surface area contributed by atoms with Crippen molar-refractivity contribution in [3.05, 3.63) is 30.0 Å². The predicted molar refractivity (Wildman–Crippen MR) is 64.2 cm³/mol. The van der Waals surface area contributed by atoms with Crippen molar-refractivity contribution in [1.29, 1.82) is 0 Å². The van der Waals surface area contributed by atoms with Gasteiger partial charge in [-0.25, -0.2) is 0 Å². The largest absolute Gasteiger partial charge is 0.327 e. The molecule has 1 atom stereocenters. The second-order valence-corrected chi connectivity index (χ2v) is 5.36. The van der Waals surface area contributed by atoms with E-state index in [0.717, 1.165) is 0 Å². The maximum atomic E-state index is 6.07. The van der Waals surface area contributed by atoms with Gasteiger partial charge >= 0.3 is 0 Å². The van der Waals surface area contributed by atoms with Crippen molar-refractivity contribution in [3.8, 4) is 0 Å². The molecule has 2 aromatic rings. The molecular weight excluding hydrogens is 204 g/mol. The Morgan fingerprint density at radius 3 is 2.93 bits per heavy atom. The molecule has 0 bridgehead atoms. The van der Waals surface area contributed by atoms with Gasteiger partial charge in [-0.05, 0) is 49.0 Å². The first-order valence-electron chi connectivity index (χ1n) is 5.33.